The van der Waals surface area contributed by atoms with Crippen LogP contribution < -0.4 is 5.73 Å². The molecule has 3 rings (SSSR count). The van der Waals surface area contributed by atoms with Crippen molar-refractivity contribution in [1.29, 1.82) is 0 Å². The van der Waals surface area contributed by atoms with E-state index in [9.17, 15) is 4.39 Å². The number of hydrogen-bond acceptors (Lipinski definition) is 2. The van der Waals surface area contributed by atoms with Crippen molar-refractivity contribution in [3.63, 3.8) is 0 Å². The summed E-state index contributed by atoms with van der Waals surface area (Å²) in [5, 5.41) is 0. The fourth-order valence-corrected chi connectivity index (χ4v) is 3.08. The van der Waals surface area contributed by atoms with Gasteiger partial charge in [-0.3, -0.25) is 0 Å². The number of fused-ring (bicyclic) bond motifs is 1. The Kier molecular flexibility index (Phi) is 4.04. The van der Waals surface area contributed by atoms with Crippen molar-refractivity contribution in [3.05, 3.63) is 70.5 Å². The SMILES string of the molecule is Cc1cc(F)ccc1C(N)CC1OCCc2ccccc21. The Morgan fingerprint density at radius 2 is 2.10 bits per heavy atom. The van der Waals surface area contributed by atoms with E-state index in [1.165, 1.54) is 23.3 Å². The number of benzene rings is 2. The number of nitrogens with two attached hydrogens (primary N) is 1. The minimum atomic E-state index is -0.220. The van der Waals surface area contributed by atoms with E-state index in [0.717, 1.165) is 24.2 Å². The second kappa shape index (κ2) is 5.96. The highest BCUT2D eigenvalue weighted by Gasteiger charge is 2.23. The second-order valence-corrected chi connectivity index (χ2v) is 5.65. The molecule has 0 saturated carbocycles. The Morgan fingerprint density at radius 1 is 1.29 bits per heavy atom. The van der Waals surface area contributed by atoms with Crippen LogP contribution in [0, 0.1) is 12.7 Å². The van der Waals surface area contributed by atoms with Crippen LogP contribution in [0.15, 0.2) is 42.5 Å². The minimum Gasteiger partial charge on any atom is -0.373 e. The molecule has 0 amide bonds. The lowest BCUT2D eigenvalue weighted by atomic mass is 9.90. The molecule has 2 atom stereocenters. The van der Waals surface area contributed by atoms with Crippen LogP contribution in [0.4, 0.5) is 4.39 Å². The third kappa shape index (κ3) is 2.99. The van der Waals surface area contributed by atoms with E-state index in [1.54, 1.807) is 6.07 Å². The van der Waals surface area contributed by atoms with Crippen molar-refractivity contribution < 1.29 is 9.13 Å². The molecule has 1 heterocycles. The normalized spacial score (nSPS) is 19.1. The summed E-state index contributed by atoms with van der Waals surface area (Å²) in [4.78, 5) is 0. The van der Waals surface area contributed by atoms with Gasteiger partial charge in [0.1, 0.15) is 5.82 Å². The van der Waals surface area contributed by atoms with Gasteiger partial charge in [-0.15, -0.1) is 0 Å². The van der Waals surface area contributed by atoms with Crippen LogP contribution >= 0.6 is 0 Å². The first-order chi connectivity index (χ1) is 10.1. The molecular formula is C18H20FNO. The van der Waals surface area contributed by atoms with Crippen molar-refractivity contribution in [1.82, 2.24) is 0 Å². The van der Waals surface area contributed by atoms with E-state index >= 15 is 0 Å². The lowest BCUT2D eigenvalue weighted by molar-refractivity contribution is 0.0319. The summed E-state index contributed by atoms with van der Waals surface area (Å²) in [6.45, 7) is 2.63. The van der Waals surface area contributed by atoms with Gasteiger partial charge < -0.3 is 10.5 Å². The molecular weight excluding hydrogens is 265 g/mol. The predicted octanol–water partition coefficient (Wildman–Crippen LogP) is 3.84. The first kappa shape index (κ1) is 14.2. The van der Waals surface area contributed by atoms with Gasteiger partial charge in [0.05, 0.1) is 12.7 Å². The van der Waals surface area contributed by atoms with E-state index in [0.29, 0.717) is 6.42 Å². The molecule has 0 aromatic heterocycles. The van der Waals surface area contributed by atoms with Gasteiger partial charge in [-0.05, 0) is 54.2 Å². The fourth-order valence-electron chi connectivity index (χ4n) is 3.08. The number of halogens is 1. The zero-order valence-corrected chi connectivity index (χ0v) is 12.2. The van der Waals surface area contributed by atoms with E-state index in [-0.39, 0.29) is 18.0 Å². The summed E-state index contributed by atoms with van der Waals surface area (Å²) in [6, 6.07) is 13.0. The molecule has 21 heavy (non-hydrogen) atoms. The molecule has 1 aliphatic heterocycles. The molecule has 2 nitrogen and oxygen atoms in total. The molecule has 0 bridgehead atoms. The Morgan fingerprint density at radius 3 is 2.90 bits per heavy atom. The average Bonchev–Trinajstić information content (AvgIpc) is 2.47. The molecule has 0 fully saturated rings. The second-order valence-electron chi connectivity index (χ2n) is 5.65. The van der Waals surface area contributed by atoms with Crippen LogP contribution in [0.5, 0.6) is 0 Å². The van der Waals surface area contributed by atoms with Gasteiger partial charge in [0.15, 0.2) is 0 Å². The molecule has 2 aromatic carbocycles. The maximum atomic E-state index is 13.2. The van der Waals surface area contributed by atoms with Gasteiger partial charge in [-0.1, -0.05) is 30.3 Å². The van der Waals surface area contributed by atoms with Crippen molar-refractivity contribution in [3.8, 4) is 0 Å². The van der Waals surface area contributed by atoms with E-state index in [2.05, 4.69) is 18.2 Å². The molecule has 2 unspecified atom stereocenters. The van der Waals surface area contributed by atoms with Crippen molar-refractivity contribution in [2.45, 2.75) is 31.9 Å². The summed E-state index contributed by atoms with van der Waals surface area (Å²) in [5.41, 5.74) is 10.8. The first-order valence-electron chi connectivity index (χ1n) is 7.36. The average molecular weight is 285 g/mol. The lowest BCUT2D eigenvalue weighted by Gasteiger charge is -2.28. The Labute approximate surface area is 124 Å². The summed E-state index contributed by atoms with van der Waals surface area (Å²) in [6.07, 6.45) is 1.69. The standard InChI is InChI=1S/C18H20FNO/c1-12-10-14(19)6-7-15(12)17(20)11-18-16-5-3-2-4-13(16)8-9-21-18/h2-7,10,17-18H,8-9,11,20H2,1H3. The summed E-state index contributed by atoms with van der Waals surface area (Å²) < 4.78 is 19.1. The van der Waals surface area contributed by atoms with Crippen LogP contribution in [-0.2, 0) is 11.2 Å². The highest BCUT2D eigenvalue weighted by atomic mass is 19.1. The van der Waals surface area contributed by atoms with Crippen LogP contribution in [0.2, 0.25) is 0 Å². The van der Waals surface area contributed by atoms with Gasteiger partial charge in [0.2, 0.25) is 0 Å². The Balaban J connectivity index is 1.81. The molecule has 0 aliphatic carbocycles. The zero-order valence-electron chi connectivity index (χ0n) is 12.2. The van der Waals surface area contributed by atoms with Gasteiger partial charge in [0.25, 0.3) is 0 Å². The summed E-state index contributed by atoms with van der Waals surface area (Å²) in [7, 11) is 0. The monoisotopic (exact) mass is 285 g/mol. The Bertz CT molecular complexity index is 641. The summed E-state index contributed by atoms with van der Waals surface area (Å²) >= 11 is 0. The highest BCUT2D eigenvalue weighted by Crippen LogP contribution is 2.34. The van der Waals surface area contributed by atoms with Gasteiger partial charge in [-0.2, -0.15) is 0 Å². The molecule has 110 valence electrons. The smallest absolute Gasteiger partial charge is 0.123 e. The van der Waals surface area contributed by atoms with Crippen molar-refractivity contribution >= 4 is 0 Å². The molecule has 0 radical (unpaired) electrons. The van der Waals surface area contributed by atoms with Crippen molar-refractivity contribution in [2.75, 3.05) is 6.61 Å². The van der Waals surface area contributed by atoms with E-state index in [4.69, 9.17) is 10.5 Å². The highest BCUT2D eigenvalue weighted by molar-refractivity contribution is 5.33. The van der Waals surface area contributed by atoms with Crippen LogP contribution in [0.25, 0.3) is 0 Å². The quantitative estimate of drug-likeness (QED) is 0.930. The van der Waals surface area contributed by atoms with E-state index < -0.39 is 0 Å². The third-order valence-corrected chi connectivity index (χ3v) is 4.19. The first-order valence-corrected chi connectivity index (χ1v) is 7.36. The maximum absolute atomic E-state index is 13.2. The van der Waals surface area contributed by atoms with Gasteiger partial charge >= 0.3 is 0 Å². The molecule has 2 N–H and O–H groups in total. The van der Waals surface area contributed by atoms with Crippen LogP contribution in [-0.4, -0.2) is 6.61 Å². The summed E-state index contributed by atoms with van der Waals surface area (Å²) in [5.74, 6) is -0.220. The molecule has 3 heteroatoms. The third-order valence-electron chi connectivity index (χ3n) is 4.19. The number of rotatable bonds is 3. The number of ether oxygens (including phenoxy) is 1. The molecule has 0 spiro atoms. The zero-order chi connectivity index (χ0) is 14.8. The van der Waals surface area contributed by atoms with Crippen LogP contribution in [0.1, 0.15) is 40.8 Å². The Hall–Kier alpha value is -1.71. The minimum absolute atomic E-state index is 0.0226. The largest absolute Gasteiger partial charge is 0.373 e. The fraction of sp³-hybridized carbons (Fsp3) is 0.333. The number of aryl methyl sites for hydroxylation is 1. The maximum Gasteiger partial charge on any atom is 0.123 e. The predicted molar refractivity (Wildman–Crippen MR) is 81.5 cm³/mol. The van der Waals surface area contributed by atoms with E-state index in [1.807, 2.05) is 13.0 Å². The van der Waals surface area contributed by atoms with Gasteiger partial charge in [0, 0.05) is 6.04 Å². The molecule has 0 saturated heterocycles. The topological polar surface area (TPSA) is 35.2 Å². The molecule has 1 aliphatic rings. The van der Waals surface area contributed by atoms with Crippen LogP contribution in [0.3, 0.4) is 0 Å². The molecule has 2 aromatic rings. The van der Waals surface area contributed by atoms with Crippen molar-refractivity contribution in [2.24, 2.45) is 5.73 Å². The lowest BCUT2D eigenvalue weighted by Crippen LogP contribution is -2.22. The number of hydrogen-bond donors (Lipinski definition) is 1. The van der Waals surface area contributed by atoms with Gasteiger partial charge in [-0.25, -0.2) is 4.39 Å².